The number of rotatable bonds is 12. The van der Waals surface area contributed by atoms with Gasteiger partial charge in [-0.15, -0.1) is 16.8 Å². The molecule has 0 fully saturated rings. The predicted molar refractivity (Wildman–Crippen MR) is 135 cm³/mol. The Morgan fingerprint density at radius 3 is 2.68 bits per heavy atom. The first-order valence-electron chi connectivity index (χ1n) is 10.5. The van der Waals surface area contributed by atoms with Crippen LogP contribution in [0, 0.1) is 6.92 Å². The van der Waals surface area contributed by atoms with Crippen molar-refractivity contribution < 1.29 is 14.3 Å². The number of carbonyl (C=O) groups excluding carboxylic acids is 1. The largest absolute Gasteiger partial charge is 0.497 e. The summed E-state index contributed by atoms with van der Waals surface area (Å²) in [6.45, 7) is 6.90. The van der Waals surface area contributed by atoms with E-state index in [2.05, 4.69) is 32.6 Å². The number of anilines is 1. The van der Waals surface area contributed by atoms with Crippen molar-refractivity contribution in [2.45, 2.75) is 25.2 Å². The number of hydrazone groups is 1. The average molecular weight is 481 g/mol. The lowest BCUT2D eigenvalue weighted by Crippen LogP contribution is -2.20. The number of ether oxygens (including phenoxy) is 2. The number of amides is 1. The molecule has 0 unspecified atom stereocenters. The van der Waals surface area contributed by atoms with Crippen molar-refractivity contribution in [3.63, 3.8) is 0 Å². The molecule has 3 aromatic rings. The van der Waals surface area contributed by atoms with Crippen LogP contribution >= 0.6 is 11.8 Å². The van der Waals surface area contributed by atoms with Crippen molar-refractivity contribution in [1.29, 1.82) is 0 Å². The zero-order valence-electron chi connectivity index (χ0n) is 19.4. The third-order valence-corrected chi connectivity index (χ3v) is 5.74. The lowest BCUT2D eigenvalue weighted by Gasteiger charge is -2.09. The molecule has 0 aliphatic rings. The number of thioether (sulfide) groups is 1. The summed E-state index contributed by atoms with van der Waals surface area (Å²) < 4.78 is 12.4. The fraction of sp³-hybridized carbons (Fsp3) is 0.250. The van der Waals surface area contributed by atoms with Gasteiger partial charge < -0.3 is 19.4 Å². The minimum atomic E-state index is -0.263. The van der Waals surface area contributed by atoms with Crippen LogP contribution in [0.4, 0.5) is 5.69 Å². The van der Waals surface area contributed by atoms with E-state index in [1.807, 2.05) is 35.8 Å². The average Bonchev–Trinajstić information content (AvgIpc) is 3.24. The minimum Gasteiger partial charge on any atom is -0.497 e. The highest BCUT2D eigenvalue weighted by atomic mass is 32.2. The van der Waals surface area contributed by atoms with Gasteiger partial charge in [-0.3, -0.25) is 4.79 Å². The zero-order valence-corrected chi connectivity index (χ0v) is 20.3. The van der Waals surface area contributed by atoms with Crippen molar-refractivity contribution in [1.82, 2.24) is 20.2 Å². The molecule has 0 atom stereocenters. The molecule has 34 heavy (non-hydrogen) atoms. The first-order chi connectivity index (χ1) is 16.5. The minimum absolute atomic E-state index is 0.137. The molecule has 0 radical (unpaired) electrons. The molecule has 1 amide bonds. The highest BCUT2D eigenvalue weighted by molar-refractivity contribution is 7.99. The van der Waals surface area contributed by atoms with Crippen LogP contribution in [0.25, 0.3) is 0 Å². The summed E-state index contributed by atoms with van der Waals surface area (Å²) in [4.78, 5) is 12.3. The van der Waals surface area contributed by atoms with Gasteiger partial charge in [0.25, 0.3) is 5.91 Å². The van der Waals surface area contributed by atoms with Crippen molar-refractivity contribution >= 4 is 29.6 Å². The van der Waals surface area contributed by atoms with Crippen LogP contribution in [0.5, 0.6) is 11.5 Å². The van der Waals surface area contributed by atoms with E-state index < -0.39 is 0 Å². The molecule has 0 spiro atoms. The van der Waals surface area contributed by atoms with Gasteiger partial charge in [0.15, 0.2) is 11.0 Å². The van der Waals surface area contributed by atoms with Crippen molar-refractivity contribution in [2.75, 3.05) is 25.3 Å². The van der Waals surface area contributed by atoms with Gasteiger partial charge in [0.05, 0.1) is 32.7 Å². The van der Waals surface area contributed by atoms with E-state index in [1.165, 1.54) is 23.5 Å². The molecule has 1 aromatic heterocycles. The van der Waals surface area contributed by atoms with E-state index in [-0.39, 0.29) is 11.7 Å². The maximum atomic E-state index is 12.3. The number of nitrogens with zero attached hydrogens (tertiary/aromatic N) is 4. The van der Waals surface area contributed by atoms with Gasteiger partial charge in [0.2, 0.25) is 0 Å². The number of hydrogen-bond acceptors (Lipinski definition) is 8. The molecule has 0 bridgehead atoms. The number of hydrogen-bond donors (Lipinski definition) is 2. The summed E-state index contributed by atoms with van der Waals surface area (Å²) in [5.74, 6) is 1.90. The van der Waals surface area contributed by atoms with Gasteiger partial charge in [-0.05, 0) is 31.2 Å². The Labute approximate surface area is 203 Å². The summed E-state index contributed by atoms with van der Waals surface area (Å²) in [7, 11) is 3.14. The number of benzene rings is 2. The molecule has 0 saturated carbocycles. The third kappa shape index (κ3) is 6.85. The molecule has 9 nitrogen and oxygen atoms in total. The molecule has 0 aliphatic heterocycles. The molecular formula is C24H28N6O3S. The fourth-order valence-electron chi connectivity index (χ4n) is 2.98. The standard InChI is InChI=1S/C24H28N6O3S/c1-5-12-30-22(15-25-19-9-6-17(2)7-10-19)27-29-24(30)34-16-23(31)28-26-14-18-8-11-20(32-3)13-21(18)33-4/h5-11,13-14,25H,1,12,15-16H2,2-4H3,(H,28,31)/b26-14+. The molecule has 178 valence electrons. The summed E-state index contributed by atoms with van der Waals surface area (Å²) in [6, 6.07) is 13.5. The normalized spacial score (nSPS) is 10.8. The summed E-state index contributed by atoms with van der Waals surface area (Å²) >= 11 is 1.29. The van der Waals surface area contributed by atoms with Crippen molar-refractivity contribution in [3.05, 3.63) is 72.1 Å². The number of aromatic nitrogens is 3. The van der Waals surface area contributed by atoms with Crippen molar-refractivity contribution in [3.8, 4) is 11.5 Å². The van der Waals surface area contributed by atoms with E-state index in [0.717, 1.165) is 11.5 Å². The van der Waals surface area contributed by atoms with Crippen LogP contribution in [0.3, 0.4) is 0 Å². The molecule has 1 heterocycles. The number of carbonyl (C=O) groups is 1. The molecule has 0 saturated heterocycles. The second-order valence-corrected chi connectivity index (χ2v) is 8.15. The predicted octanol–water partition coefficient (Wildman–Crippen LogP) is 3.64. The molecule has 2 N–H and O–H groups in total. The Morgan fingerprint density at radius 2 is 1.97 bits per heavy atom. The van der Waals surface area contributed by atoms with E-state index in [0.29, 0.717) is 35.3 Å². The maximum Gasteiger partial charge on any atom is 0.250 e. The Hall–Kier alpha value is -3.79. The maximum absolute atomic E-state index is 12.3. The summed E-state index contributed by atoms with van der Waals surface area (Å²) in [5.41, 5.74) is 5.44. The molecular weight excluding hydrogens is 452 g/mol. The number of nitrogens with one attached hydrogen (secondary N) is 2. The molecule has 3 rings (SSSR count). The monoisotopic (exact) mass is 480 g/mol. The third-order valence-electron chi connectivity index (χ3n) is 4.77. The Bertz CT molecular complexity index is 1140. The lowest BCUT2D eigenvalue weighted by atomic mass is 10.2. The van der Waals surface area contributed by atoms with Crippen LogP contribution < -0.4 is 20.2 Å². The van der Waals surface area contributed by atoms with Crippen molar-refractivity contribution in [2.24, 2.45) is 5.10 Å². The van der Waals surface area contributed by atoms with Gasteiger partial charge in [0, 0.05) is 23.9 Å². The molecule has 10 heteroatoms. The zero-order chi connectivity index (χ0) is 24.3. The lowest BCUT2D eigenvalue weighted by molar-refractivity contribution is -0.118. The highest BCUT2D eigenvalue weighted by Gasteiger charge is 2.13. The summed E-state index contributed by atoms with van der Waals surface area (Å²) in [5, 5.41) is 16.5. The first-order valence-corrected chi connectivity index (χ1v) is 11.5. The fourth-order valence-corrected chi connectivity index (χ4v) is 3.74. The van der Waals surface area contributed by atoms with E-state index in [1.54, 1.807) is 38.5 Å². The topological polar surface area (TPSA) is 103 Å². The second kappa shape index (κ2) is 12.4. The smallest absolute Gasteiger partial charge is 0.250 e. The Kier molecular flexibility index (Phi) is 9.10. The van der Waals surface area contributed by atoms with Gasteiger partial charge >= 0.3 is 0 Å². The van der Waals surface area contributed by atoms with Crippen LogP contribution in [0.1, 0.15) is 17.0 Å². The Morgan fingerprint density at radius 1 is 1.18 bits per heavy atom. The molecule has 2 aromatic carbocycles. The van der Waals surface area contributed by atoms with Crippen LogP contribution in [-0.2, 0) is 17.9 Å². The number of aryl methyl sites for hydroxylation is 1. The Balaban J connectivity index is 1.56. The molecule has 0 aliphatic carbocycles. The number of methoxy groups -OCH3 is 2. The van der Waals surface area contributed by atoms with Crippen LogP contribution in [-0.4, -0.2) is 46.9 Å². The highest BCUT2D eigenvalue weighted by Crippen LogP contribution is 2.23. The van der Waals surface area contributed by atoms with E-state index >= 15 is 0 Å². The summed E-state index contributed by atoms with van der Waals surface area (Å²) in [6.07, 6.45) is 3.30. The van der Waals surface area contributed by atoms with Gasteiger partial charge in [-0.1, -0.05) is 35.5 Å². The first kappa shape index (κ1) is 24.8. The SMILES string of the molecule is C=CCn1c(CNc2ccc(C)cc2)nnc1SCC(=O)N/N=C/c1ccc(OC)cc1OC. The number of allylic oxidation sites excluding steroid dienone is 1. The van der Waals surface area contributed by atoms with E-state index in [4.69, 9.17) is 9.47 Å². The van der Waals surface area contributed by atoms with Crippen LogP contribution in [0.15, 0.2) is 65.4 Å². The van der Waals surface area contributed by atoms with Gasteiger partial charge in [-0.25, -0.2) is 5.43 Å². The van der Waals surface area contributed by atoms with Gasteiger partial charge in [-0.2, -0.15) is 5.10 Å². The van der Waals surface area contributed by atoms with Gasteiger partial charge in [0.1, 0.15) is 11.5 Å². The van der Waals surface area contributed by atoms with E-state index in [9.17, 15) is 4.79 Å². The second-order valence-electron chi connectivity index (χ2n) is 7.21. The van der Waals surface area contributed by atoms with Crippen LogP contribution in [0.2, 0.25) is 0 Å². The quantitative estimate of drug-likeness (QED) is 0.177.